The van der Waals surface area contributed by atoms with Gasteiger partial charge in [0.2, 0.25) is 5.91 Å². The highest BCUT2D eigenvalue weighted by atomic mass is 16.2. The molecular weight excluding hydrogens is 326 g/mol. The Labute approximate surface area is 153 Å². The summed E-state index contributed by atoms with van der Waals surface area (Å²) >= 11 is 0. The number of hydrogen-bond acceptors (Lipinski definition) is 3. The molecule has 0 aromatic heterocycles. The van der Waals surface area contributed by atoms with Crippen LogP contribution in [-0.2, 0) is 9.59 Å². The monoisotopic (exact) mass is 349 g/mol. The van der Waals surface area contributed by atoms with Gasteiger partial charge in [-0.15, -0.1) is 0 Å². The molecular formula is C21H23N3O2. The van der Waals surface area contributed by atoms with Gasteiger partial charge >= 0.3 is 0 Å². The average molecular weight is 349 g/mol. The molecule has 0 radical (unpaired) electrons. The second-order valence-electron chi connectivity index (χ2n) is 6.80. The van der Waals surface area contributed by atoms with Gasteiger partial charge in [0.25, 0.3) is 5.91 Å². The summed E-state index contributed by atoms with van der Waals surface area (Å²) in [6.45, 7) is 4.74. The van der Waals surface area contributed by atoms with Crippen LogP contribution in [0.15, 0.2) is 59.7 Å². The second-order valence-corrected chi connectivity index (χ2v) is 6.80. The summed E-state index contributed by atoms with van der Waals surface area (Å²) in [4.78, 5) is 24.6. The summed E-state index contributed by atoms with van der Waals surface area (Å²) in [5.74, 6) is -1.12. The van der Waals surface area contributed by atoms with Gasteiger partial charge in [0, 0.05) is 12.5 Å². The van der Waals surface area contributed by atoms with Crippen molar-refractivity contribution in [2.45, 2.75) is 25.7 Å². The molecule has 1 heterocycles. The van der Waals surface area contributed by atoms with Gasteiger partial charge < -0.3 is 5.32 Å². The van der Waals surface area contributed by atoms with Gasteiger partial charge in [-0.3, -0.25) is 9.59 Å². The number of carbonyl (C=O) groups is 2. The number of rotatable bonds is 5. The molecule has 2 unspecified atom stereocenters. The number of hydrazone groups is 1. The highest BCUT2D eigenvalue weighted by Crippen LogP contribution is 2.28. The molecule has 2 atom stereocenters. The first kappa shape index (κ1) is 17.9. The lowest BCUT2D eigenvalue weighted by Gasteiger charge is -2.15. The molecule has 2 amide bonds. The summed E-state index contributed by atoms with van der Waals surface area (Å²) < 4.78 is 0. The standard InChI is InChI=1S/C21H23N3O2/c1-14(2)16-10-8-15(9-11-16)12-23-24-21(26)19-18(13-22-20(19)25)17-6-4-3-5-7-17/h3-12,14,18-19H,13H2,1-2H3,(H,22,25)(H,24,26). The SMILES string of the molecule is CC(C)c1ccc(C=NNC(=O)C2C(=O)NCC2c2ccccc2)cc1. The van der Waals surface area contributed by atoms with Crippen LogP contribution in [0.2, 0.25) is 0 Å². The van der Waals surface area contributed by atoms with E-state index in [-0.39, 0.29) is 17.7 Å². The van der Waals surface area contributed by atoms with Crippen LogP contribution in [0.3, 0.4) is 0 Å². The zero-order valence-electron chi connectivity index (χ0n) is 15.0. The Morgan fingerprint density at radius 1 is 1.15 bits per heavy atom. The van der Waals surface area contributed by atoms with Crippen LogP contribution < -0.4 is 10.7 Å². The predicted octanol–water partition coefficient (Wildman–Crippen LogP) is 2.79. The molecule has 0 bridgehead atoms. The molecule has 0 saturated carbocycles. The minimum atomic E-state index is -0.766. The van der Waals surface area contributed by atoms with Crippen LogP contribution in [0, 0.1) is 5.92 Å². The number of amides is 2. The zero-order valence-corrected chi connectivity index (χ0v) is 15.0. The van der Waals surface area contributed by atoms with Gasteiger partial charge in [0.05, 0.1) is 6.21 Å². The van der Waals surface area contributed by atoms with Crippen molar-refractivity contribution < 1.29 is 9.59 Å². The Kier molecular flexibility index (Phi) is 5.46. The van der Waals surface area contributed by atoms with Gasteiger partial charge in [-0.05, 0) is 22.6 Å². The van der Waals surface area contributed by atoms with E-state index < -0.39 is 5.92 Å². The summed E-state index contributed by atoms with van der Waals surface area (Å²) in [6.07, 6.45) is 1.59. The Morgan fingerprint density at radius 3 is 2.50 bits per heavy atom. The average Bonchev–Trinajstić information content (AvgIpc) is 3.04. The van der Waals surface area contributed by atoms with Crippen molar-refractivity contribution in [3.8, 4) is 0 Å². The fourth-order valence-electron chi connectivity index (χ4n) is 3.14. The van der Waals surface area contributed by atoms with E-state index in [1.54, 1.807) is 6.21 Å². The molecule has 5 nitrogen and oxygen atoms in total. The van der Waals surface area contributed by atoms with Gasteiger partial charge in [-0.25, -0.2) is 5.43 Å². The minimum Gasteiger partial charge on any atom is -0.355 e. The smallest absolute Gasteiger partial charge is 0.253 e. The van der Waals surface area contributed by atoms with Crippen molar-refractivity contribution >= 4 is 18.0 Å². The number of hydrogen-bond donors (Lipinski definition) is 2. The van der Waals surface area contributed by atoms with Crippen molar-refractivity contribution in [1.29, 1.82) is 0 Å². The highest BCUT2D eigenvalue weighted by Gasteiger charge is 2.40. The first-order chi connectivity index (χ1) is 12.6. The van der Waals surface area contributed by atoms with E-state index in [4.69, 9.17) is 0 Å². The van der Waals surface area contributed by atoms with Crippen molar-refractivity contribution in [3.63, 3.8) is 0 Å². The third-order valence-corrected chi connectivity index (χ3v) is 4.68. The molecule has 0 aliphatic carbocycles. The van der Waals surface area contributed by atoms with E-state index in [0.717, 1.165) is 11.1 Å². The molecule has 2 aromatic rings. The summed E-state index contributed by atoms with van der Waals surface area (Å²) in [7, 11) is 0. The van der Waals surface area contributed by atoms with E-state index in [0.29, 0.717) is 12.5 Å². The van der Waals surface area contributed by atoms with E-state index in [1.165, 1.54) is 5.56 Å². The Balaban J connectivity index is 1.65. The van der Waals surface area contributed by atoms with Crippen LogP contribution in [-0.4, -0.2) is 24.6 Å². The zero-order chi connectivity index (χ0) is 18.5. The van der Waals surface area contributed by atoms with Gasteiger partial charge in [-0.2, -0.15) is 5.10 Å². The Morgan fingerprint density at radius 2 is 1.85 bits per heavy atom. The van der Waals surface area contributed by atoms with Crippen molar-refractivity contribution in [3.05, 3.63) is 71.3 Å². The van der Waals surface area contributed by atoms with Crippen LogP contribution in [0.1, 0.15) is 42.4 Å². The molecule has 1 saturated heterocycles. The molecule has 3 rings (SSSR count). The van der Waals surface area contributed by atoms with Crippen molar-refractivity contribution in [2.24, 2.45) is 11.0 Å². The molecule has 2 N–H and O–H groups in total. The molecule has 5 heteroatoms. The summed E-state index contributed by atoms with van der Waals surface area (Å²) in [5.41, 5.74) is 5.63. The fourth-order valence-corrected chi connectivity index (χ4v) is 3.14. The topological polar surface area (TPSA) is 70.6 Å². The maximum atomic E-state index is 12.5. The largest absolute Gasteiger partial charge is 0.355 e. The van der Waals surface area contributed by atoms with Gasteiger partial charge in [-0.1, -0.05) is 68.4 Å². The molecule has 1 aliphatic rings. The van der Waals surface area contributed by atoms with Crippen LogP contribution in [0.5, 0.6) is 0 Å². The van der Waals surface area contributed by atoms with Gasteiger partial charge in [0.15, 0.2) is 0 Å². The second kappa shape index (κ2) is 7.95. The number of nitrogens with one attached hydrogen (secondary N) is 2. The molecule has 2 aromatic carbocycles. The van der Waals surface area contributed by atoms with Crippen LogP contribution in [0.25, 0.3) is 0 Å². The van der Waals surface area contributed by atoms with E-state index in [9.17, 15) is 9.59 Å². The van der Waals surface area contributed by atoms with E-state index >= 15 is 0 Å². The molecule has 1 fully saturated rings. The highest BCUT2D eigenvalue weighted by molar-refractivity contribution is 6.03. The molecule has 0 spiro atoms. The van der Waals surface area contributed by atoms with Crippen molar-refractivity contribution in [2.75, 3.05) is 6.54 Å². The third-order valence-electron chi connectivity index (χ3n) is 4.68. The third kappa shape index (κ3) is 3.99. The first-order valence-corrected chi connectivity index (χ1v) is 8.82. The Hall–Kier alpha value is -2.95. The summed E-state index contributed by atoms with van der Waals surface area (Å²) in [6, 6.07) is 17.6. The summed E-state index contributed by atoms with van der Waals surface area (Å²) in [5, 5.41) is 6.79. The maximum Gasteiger partial charge on any atom is 0.253 e. The number of carbonyl (C=O) groups excluding carboxylic acids is 2. The minimum absolute atomic E-state index is 0.177. The van der Waals surface area contributed by atoms with E-state index in [1.807, 2.05) is 54.6 Å². The van der Waals surface area contributed by atoms with E-state index in [2.05, 4.69) is 29.7 Å². The lowest BCUT2D eigenvalue weighted by atomic mass is 9.88. The molecule has 1 aliphatic heterocycles. The quantitative estimate of drug-likeness (QED) is 0.495. The molecule has 26 heavy (non-hydrogen) atoms. The number of benzene rings is 2. The van der Waals surface area contributed by atoms with Crippen molar-refractivity contribution in [1.82, 2.24) is 10.7 Å². The molecule has 134 valence electrons. The predicted molar refractivity (Wildman–Crippen MR) is 102 cm³/mol. The number of nitrogens with zero attached hydrogens (tertiary/aromatic N) is 1. The van der Waals surface area contributed by atoms with Crippen LogP contribution >= 0.6 is 0 Å². The fraction of sp³-hybridized carbons (Fsp3) is 0.286. The van der Waals surface area contributed by atoms with Gasteiger partial charge in [0.1, 0.15) is 5.92 Å². The Bertz CT molecular complexity index is 798. The maximum absolute atomic E-state index is 12.5. The lowest BCUT2D eigenvalue weighted by Crippen LogP contribution is -2.34. The first-order valence-electron chi connectivity index (χ1n) is 8.82. The van der Waals surface area contributed by atoms with Crippen LogP contribution in [0.4, 0.5) is 0 Å². The normalized spacial score (nSPS) is 19.7. The lowest BCUT2D eigenvalue weighted by molar-refractivity contribution is -0.133.